The van der Waals surface area contributed by atoms with Crippen LogP contribution in [-0.4, -0.2) is 31.1 Å². The summed E-state index contributed by atoms with van der Waals surface area (Å²) in [6.45, 7) is 4.79. The normalized spacial score (nSPS) is 31.2. The van der Waals surface area contributed by atoms with Crippen molar-refractivity contribution in [3.8, 4) is 0 Å². The predicted molar refractivity (Wildman–Crippen MR) is 50.9 cm³/mol. The Balaban J connectivity index is 1.61. The van der Waals surface area contributed by atoms with Crippen molar-refractivity contribution in [3.05, 3.63) is 0 Å². The van der Waals surface area contributed by atoms with Crippen LogP contribution in [0.4, 0.5) is 0 Å². The molecule has 2 rings (SSSR count). The summed E-state index contributed by atoms with van der Waals surface area (Å²) in [5.41, 5.74) is 5.64. The Morgan fingerprint density at radius 3 is 2.58 bits per heavy atom. The molecule has 1 atom stereocenters. The summed E-state index contributed by atoms with van der Waals surface area (Å²) in [5.74, 6) is 1.88. The quantitative estimate of drug-likeness (QED) is 0.680. The Morgan fingerprint density at radius 2 is 2.00 bits per heavy atom. The van der Waals surface area contributed by atoms with E-state index in [1.807, 2.05) is 0 Å². The van der Waals surface area contributed by atoms with E-state index in [-0.39, 0.29) is 0 Å². The third kappa shape index (κ3) is 2.20. The Labute approximate surface area is 75.1 Å². The van der Waals surface area contributed by atoms with E-state index < -0.39 is 0 Å². The van der Waals surface area contributed by atoms with Crippen LogP contribution in [0.25, 0.3) is 0 Å². The van der Waals surface area contributed by atoms with Crippen LogP contribution in [0, 0.1) is 11.8 Å². The van der Waals surface area contributed by atoms with Gasteiger partial charge in [-0.15, -0.1) is 0 Å². The van der Waals surface area contributed by atoms with E-state index in [4.69, 9.17) is 5.73 Å². The first-order valence-corrected chi connectivity index (χ1v) is 5.31. The van der Waals surface area contributed by atoms with Crippen LogP contribution in [0.3, 0.4) is 0 Å². The smallest absolute Gasteiger partial charge is 0.00222 e. The first-order chi connectivity index (χ1) is 5.88. The van der Waals surface area contributed by atoms with E-state index in [1.165, 1.54) is 45.3 Å². The third-order valence-corrected chi connectivity index (χ3v) is 3.25. The van der Waals surface area contributed by atoms with Crippen LogP contribution in [0.1, 0.15) is 25.7 Å². The highest BCUT2D eigenvalue weighted by Crippen LogP contribution is 2.32. The minimum Gasteiger partial charge on any atom is -0.330 e. The Bertz CT molecular complexity index is 143. The van der Waals surface area contributed by atoms with Gasteiger partial charge in [-0.1, -0.05) is 12.8 Å². The largest absolute Gasteiger partial charge is 0.330 e. The molecule has 0 amide bonds. The standard InChI is InChI=1S/C10H20N2/c11-7-10-4-6-12(8-10)5-3-9-1-2-9/h9-10H,1-8,11H2. The molecular formula is C10H20N2. The van der Waals surface area contributed by atoms with Crippen LogP contribution < -0.4 is 5.73 Å². The summed E-state index contributed by atoms with van der Waals surface area (Å²) < 4.78 is 0. The maximum atomic E-state index is 5.64. The molecule has 2 aliphatic rings. The molecule has 0 aromatic rings. The van der Waals surface area contributed by atoms with Gasteiger partial charge in [-0.05, 0) is 44.3 Å². The highest BCUT2D eigenvalue weighted by molar-refractivity contribution is 4.79. The highest BCUT2D eigenvalue weighted by Gasteiger charge is 2.25. The molecule has 2 heteroatoms. The SMILES string of the molecule is NCC1CCN(CCC2CC2)C1. The molecule has 0 radical (unpaired) electrons. The van der Waals surface area contributed by atoms with Crippen molar-refractivity contribution >= 4 is 0 Å². The Kier molecular flexibility index (Phi) is 2.66. The van der Waals surface area contributed by atoms with Gasteiger partial charge in [0, 0.05) is 6.54 Å². The second kappa shape index (κ2) is 3.75. The van der Waals surface area contributed by atoms with Gasteiger partial charge in [0.05, 0.1) is 0 Å². The summed E-state index contributed by atoms with van der Waals surface area (Å²) in [6, 6.07) is 0. The van der Waals surface area contributed by atoms with Crippen molar-refractivity contribution in [1.82, 2.24) is 4.90 Å². The molecular weight excluding hydrogens is 148 g/mol. The molecule has 12 heavy (non-hydrogen) atoms. The summed E-state index contributed by atoms with van der Waals surface area (Å²) in [4.78, 5) is 2.59. The first kappa shape index (κ1) is 8.52. The van der Waals surface area contributed by atoms with Crippen LogP contribution in [0.2, 0.25) is 0 Å². The molecule has 1 aliphatic carbocycles. The Hall–Kier alpha value is -0.0800. The molecule has 0 spiro atoms. The zero-order chi connectivity index (χ0) is 8.39. The number of hydrogen-bond donors (Lipinski definition) is 1. The third-order valence-electron chi connectivity index (χ3n) is 3.25. The van der Waals surface area contributed by atoms with Gasteiger partial charge in [0.1, 0.15) is 0 Å². The van der Waals surface area contributed by atoms with E-state index in [0.717, 1.165) is 18.4 Å². The van der Waals surface area contributed by atoms with Gasteiger partial charge >= 0.3 is 0 Å². The average Bonchev–Trinajstić information content (AvgIpc) is 2.81. The first-order valence-electron chi connectivity index (χ1n) is 5.31. The predicted octanol–water partition coefficient (Wildman–Crippen LogP) is 1.07. The zero-order valence-corrected chi connectivity index (χ0v) is 7.84. The van der Waals surface area contributed by atoms with Crippen LogP contribution in [0.15, 0.2) is 0 Å². The molecule has 0 aromatic carbocycles. The van der Waals surface area contributed by atoms with E-state index in [2.05, 4.69) is 4.90 Å². The van der Waals surface area contributed by atoms with Crippen molar-refractivity contribution in [3.63, 3.8) is 0 Å². The lowest BCUT2D eigenvalue weighted by molar-refractivity contribution is 0.314. The van der Waals surface area contributed by atoms with Gasteiger partial charge in [-0.2, -0.15) is 0 Å². The molecule has 0 aromatic heterocycles. The summed E-state index contributed by atoms with van der Waals surface area (Å²) >= 11 is 0. The van der Waals surface area contributed by atoms with Gasteiger partial charge in [-0.3, -0.25) is 0 Å². The lowest BCUT2D eigenvalue weighted by atomic mass is 10.1. The van der Waals surface area contributed by atoms with Crippen molar-refractivity contribution < 1.29 is 0 Å². The van der Waals surface area contributed by atoms with Crippen molar-refractivity contribution in [2.24, 2.45) is 17.6 Å². The average molecular weight is 168 g/mol. The number of nitrogens with two attached hydrogens (primary N) is 1. The molecule has 2 nitrogen and oxygen atoms in total. The van der Waals surface area contributed by atoms with Crippen LogP contribution in [-0.2, 0) is 0 Å². The van der Waals surface area contributed by atoms with Gasteiger partial charge in [0.2, 0.25) is 0 Å². The highest BCUT2D eigenvalue weighted by atomic mass is 15.1. The topological polar surface area (TPSA) is 29.3 Å². The van der Waals surface area contributed by atoms with Gasteiger partial charge in [0.15, 0.2) is 0 Å². The lowest BCUT2D eigenvalue weighted by Crippen LogP contribution is -2.24. The number of hydrogen-bond acceptors (Lipinski definition) is 2. The number of rotatable bonds is 4. The summed E-state index contributed by atoms with van der Waals surface area (Å²) in [7, 11) is 0. The maximum absolute atomic E-state index is 5.64. The van der Waals surface area contributed by atoms with E-state index in [9.17, 15) is 0 Å². The fourth-order valence-electron chi connectivity index (χ4n) is 2.08. The van der Waals surface area contributed by atoms with Crippen molar-refractivity contribution in [2.45, 2.75) is 25.7 Å². The van der Waals surface area contributed by atoms with E-state index in [0.29, 0.717) is 0 Å². The van der Waals surface area contributed by atoms with Crippen molar-refractivity contribution in [2.75, 3.05) is 26.2 Å². The molecule has 1 saturated heterocycles. The number of nitrogens with zero attached hydrogens (tertiary/aromatic N) is 1. The molecule has 1 heterocycles. The molecule has 1 aliphatic heterocycles. The van der Waals surface area contributed by atoms with Gasteiger partial charge < -0.3 is 10.6 Å². The lowest BCUT2D eigenvalue weighted by Gasteiger charge is -2.14. The van der Waals surface area contributed by atoms with E-state index >= 15 is 0 Å². The molecule has 2 N–H and O–H groups in total. The minimum atomic E-state index is 0.796. The fraction of sp³-hybridized carbons (Fsp3) is 1.00. The second-order valence-corrected chi connectivity index (χ2v) is 4.42. The molecule has 2 fully saturated rings. The molecule has 0 bridgehead atoms. The zero-order valence-electron chi connectivity index (χ0n) is 7.84. The van der Waals surface area contributed by atoms with Gasteiger partial charge in [0.25, 0.3) is 0 Å². The summed E-state index contributed by atoms with van der Waals surface area (Å²) in [6.07, 6.45) is 5.76. The second-order valence-electron chi connectivity index (χ2n) is 4.42. The van der Waals surface area contributed by atoms with Gasteiger partial charge in [-0.25, -0.2) is 0 Å². The molecule has 1 saturated carbocycles. The fourth-order valence-corrected chi connectivity index (χ4v) is 2.08. The van der Waals surface area contributed by atoms with Crippen molar-refractivity contribution in [1.29, 1.82) is 0 Å². The Morgan fingerprint density at radius 1 is 1.17 bits per heavy atom. The monoisotopic (exact) mass is 168 g/mol. The number of likely N-dealkylation sites (tertiary alicyclic amines) is 1. The molecule has 1 unspecified atom stereocenters. The summed E-state index contributed by atoms with van der Waals surface area (Å²) in [5, 5.41) is 0. The van der Waals surface area contributed by atoms with Crippen LogP contribution >= 0.6 is 0 Å². The molecule has 70 valence electrons. The minimum absolute atomic E-state index is 0.796. The van der Waals surface area contributed by atoms with Crippen LogP contribution in [0.5, 0.6) is 0 Å². The van der Waals surface area contributed by atoms with E-state index in [1.54, 1.807) is 0 Å². The maximum Gasteiger partial charge on any atom is 0.00222 e.